The van der Waals surface area contributed by atoms with Crippen LogP contribution in [0, 0.1) is 0 Å². The molecule has 59 heavy (non-hydrogen) atoms. The molecule has 0 bridgehead atoms. The van der Waals surface area contributed by atoms with E-state index in [1.54, 1.807) is 139 Å². The Morgan fingerprint density at radius 3 is 1.31 bits per heavy atom. The van der Waals surface area contributed by atoms with Crippen molar-refractivity contribution in [3.05, 3.63) is 131 Å². The van der Waals surface area contributed by atoms with Crippen molar-refractivity contribution in [2.75, 3.05) is 29.9 Å². The number of para-hydroxylation sites is 2. The summed E-state index contributed by atoms with van der Waals surface area (Å²) in [7, 11) is -4.80. The van der Waals surface area contributed by atoms with Gasteiger partial charge in [-0.05, 0) is 101 Å². The van der Waals surface area contributed by atoms with Crippen LogP contribution in [0.15, 0.2) is 109 Å². The highest BCUT2D eigenvalue weighted by Gasteiger charge is 2.34. The molecule has 0 fully saturated rings. The minimum absolute atomic E-state index is 0.0546. The van der Waals surface area contributed by atoms with Crippen molar-refractivity contribution in [1.82, 2.24) is 9.03 Å². The topological polar surface area (TPSA) is 195 Å². The molecule has 0 atom stereocenters. The van der Waals surface area contributed by atoms with Gasteiger partial charge in [-0.2, -0.15) is 21.1 Å². The smallest absolute Gasteiger partial charge is 0.425 e. The molecule has 2 amide bonds. The van der Waals surface area contributed by atoms with Crippen molar-refractivity contribution in [2.45, 2.75) is 65.8 Å². The second kappa shape index (κ2) is 20.0. The number of esters is 2. The molecule has 0 aliphatic rings. The Balaban J connectivity index is 0.000000316. The maximum atomic E-state index is 13.3. The number of nitrogens with one attached hydrogen (secondary N) is 1. The van der Waals surface area contributed by atoms with E-state index < -0.39 is 55.7 Å². The van der Waals surface area contributed by atoms with Crippen LogP contribution < -0.4 is 13.3 Å². The number of methoxy groups -OCH3 is 2. The lowest BCUT2D eigenvalue weighted by molar-refractivity contribution is 0.0418. The molecule has 4 aromatic rings. The zero-order valence-corrected chi connectivity index (χ0v) is 36.0. The van der Waals surface area contributed by atoms with Crippen molar-refractivity contribution < 1.29 is 55.0 Å². The molecule has 0 saturated heterocycles. The van der Waals surface area contributed by atoms with Gasteiger partial charge in [0.15, 0.2) is 0 Å². The van der Waals surface area contributed by atoms with Crippen molar-refractivity contribution in [3.8, 4) is 0 Å². The van der Waals surface area contributed by atoms with E-state index in [9.17, 15) is 36.0 Å². The fraction of sp³-hybridized carbons (Fsp3) is 0.317. The second-order valence-corrected chi connectivity index (χ2v) is 18.1. The minimum atomic E-state index is -4.26. The third-order valence-electron chi connectivity index (χ3n) is 7.67. The molecule has 0 spiro atoms. The van der Waals surface area contributed by atoms with Gasteiger partial charge in [0.2, 0.25) is 0 Å². The van der Waals surface area contributed by atoms with Crippen LogP contribution >= 0.6 is 0 Å². The Morgan fingerprint density at radius 2 is 0.932 bits per heavy atom. The van der Waals surface area contributed by atoms with Gasteiger partial charge in [0.1, 0.15) is 11.2 Å². The molecule has 4 rings (SSSR count). The summed E-state index contributed by atoms with van der Waals surface area (Å²) < 4.78 is 76.6. The van der Waals surface area contributed by atoms with E-state index in [1.807, 2.05) is 4.72 Å². The number of carbonyl (C=O) groups is 4. The number of anilines is 2. The molecule has 16 nitrogen and oxygen atoms in total. The number of rotatable bonds is 12. The standard InChI is InChI=1S/C21H26N2O6S.C20H24N2O6S/c1-21(2,3)29-20(25)22(4)30(26,27)23(18-9-7-6-8-10-18)15-16-11-13-17(14-12-16)19(24)28-5;1-20(2,3)28-19(24)21-29(25,26)22(17-8-6-5-7-9-17)14-15-10-12-16(13-11-15)18(23)27-4/h6-14H,15H2,1-5H3;5-13H,14H2,1-4H3,(H,21,24). The minimum Gasteiger partial charge on any atom is -0.465 e. The van der Waals surface area contributed by atoms with E-state index in [0.717, 1.165) is 15.7 Å². The van der Waals surface area contributed by atoms with E-state index in [-0.39, 0.29) is 13.1 Å². The van der Waals surface area contributed by atoms with Gasteiger partial charge < -0.3 is 18.9 Å². The highest BCUT2D eigenvalue weighted by molar-refractivity contribution is 7.91. The molecule has 0 saturated carbocycles. The van der Waals surface area contributed by atoms with E-state index in [2.05, 4.69) is 9.47 Å². The lowest BCUT2D eigenvalue weighted by atomic mass is 10.1. The zero-order chi connectivity index (χ0) is 44.2. The summed E-state index contributed by atoms with van der Waals surface area (Å²) in [5.41, 5.74) is 0.969. The van der Waals surface area contributed by atoms with E-state index in [0.29, 0.717) is 37.9 Å². The van der Waals surface area contributed by atoms with Crippen LogP contribution in [0.25, 0.3) is 0 Å². The molecule has 18 heteroatoms. The van der Waals surface area contributed by atoms with Crippen LogP contribution in [0.5, 0.6) is 0 Å². The first-order valence-corrected chi connectivity index (χ1v) is 20.8. The van der Waals surface area contributed by atoms with Crippen LogP contribution in [-0.2, 0) is 52.5 Å². The summed E-state index contributed by atoms with van der Waals surface area (Å²) >= 11 is 0. The number of carbonyl (C=O) groups excluding carboxylic acids is 4. The van der Waals surface area contributed by atoms with E-state index in [4.69, 9.17) is 9.47 Å². The van der Waals surface area contributed by atoms with Crippen molar-refractivity contribution in [1.29, 1.82) is 0 Å². The number of amides is 2. The largest absolute Gasteiger partial charge is 0.465 e. The van der Waals surface area contributed by atoms with Gasteiger partial charge in [-0.1, -0.05) is 60.7 Å². The molecular formula is C41H50N4O12S2. The first-order chi connectivity index (χ1) is 27.5. The molecule has 0 radical (unpaired) electrons. The van der Waals surface area contributed by atoms with Gasteiger partial charge in [-0.25, -0.2) is 32.5 Å². The molecule has 0 unspecified atom stereocenters. The SMILES string of the molecule is COC(=O)c1ccc(CN(c2ccccc2)S(=O)(=O)N(C)C(=O)OC(C)(C)C)cc1.COC(=O)c1ccc(CN(c2ccccc2)S(=O)(=O)NC(=O)OC(C)(C)C)cc1. The van der Waals surface area contributed by atoms with Crippen molar-refractivity contribution in [2.24, 2.45) is 0 Å². The lowest BCUT2D eigenvalue weighted by Crippen LogP contribution is -2.46. The zero-order valence-electron chi connectivity index (χ0n) is 34.4. The van der Waals surface area contributed by atoms with Gasteiger partial charge in [0.25, 0.3) is 0 Å². The van der Waals surface area contributed by atoms with Gasteiger partial charge >= 0.3 is 44.5 Å². The molecule has 1 N–H and O–H groups in total. The summed E-state index contributed by atoms with van der Waals surface area (Å²) in [6.45, 7) is 9.76. The van der Waals surface area contributed by atoms with E-state index in [1.165, 1.54) is 26.4 Å². The van der Waals surface area contributed by atoms with Gasteiger partial charge in [0.05, 0.1) is 49.8 Å². The van der Waals surface area contributed by atoms with Crippen LogP contribution in [0.1, 0.15) is 73.4 Å². The second-order valence-electron chi connectivity index (χ2n) is 14.6. The highest BCUT2D eigenvalue weighted by Crippen LogP contribution is 2.25. The molecule has 318 valence electrons. The fourth-order valence-electron chi connectivity index (χ4n) is 4.90. The first-order valence-electron chi connectivity index (χ1n) is 17.9. The first kappa shape index (κ1) is 47.2. The quantitative estimate of drug-likeness (QED) is 0.115. The number of ether oxygens (including phenoxy) is 4. The van der Waals surface area contributed by atoms with Gasteiger partial charge in [0, 0.05) is 7.05 Å². The average molecular weight is 855 g/mol. The normalized spacial score (nSPS) is 11.5. The Labute approximate surface area is 346 Å². The lowest BCUT2D eigenvalue weighted by Gasteiger charge is -2.30. The summed E-state index contributed by atoms with van der Waals surface area (Å²) in [6, 6.07) is 29.4. The number of hydrogen-bond acceptors (Lipinski definition) is 12. The Bertz CT molecular complexity index is 2260. The van der Waals surface area contributed by atoms with Gasteiger partial charge in [-0.3, -0.25) is 0 Å². The van der Waals surface area contributed by atoms with Crippen LogP contribution in [0.3, 0.4) is 0 Å². The fourth-order valence-corrected chi connectivity index (χ4v) is 7.20. The predicted molar refractivity (Wildman–Crippen MR) is 222 cm³/mol. The van der Waals surface area contributed by atoms with Crippen molar-refractivity contribution >= 4 is 55.9 Å². The summed E-state index contributed by atoms with van der Waals surface area (Å²) in [5.74, 6) is -0.977. The molecule has 0 aromatic heterocycles. The summed E-state index contributed by atoms with van der Waals surface area (Å²) in [4.78, 5) is 47.6. The Kier molecular flexibility index (Phi) is 16.0. The van der Waals surface area contributed by atoms with Crippen molar-refractivity contribution in [3.63, 3.8) is 0 Å². The monoisotopic (exact) mass is 854 g/mol. The van der Waals surface area contributed by atoms with Crippen LogP contribution in [-0.4, -0.2) is 77.7 Å². The third-order valence-corrected chi connectivity index (χ3v) is 10.8. The molecule has 4 aromatic carbocycles. The molecule has 0 aliphatic heterocycles. The number of hydrogen-bond donors (Lipinski definition) is 1. The number of benzene rings is 4. The van der Waals surface area contributed by atoms with E-state index >= 15 is 0 Å². The summed E-state index contributed by atoms with van der Waals surface area (Å²) in [6.07, 6.45) is -2.05. The van der Waals surface area contributed by atoms with Crippen LogP contribution in [0.4, 0.5) is 21.0 Å². The van der Waals surface area contributed by atoms with Gasteiger partial charge in [-0.15, -0.1) is 0 Å². The number of nitrogens with zero attached hydrogens (tertiary/aromatic N) is 3. The maximum Gasteiger partial charge on any atom is 0.425 e. The molecule has 0 aliphatic carbocycles. The Hall–Kier alpha value is -6.14. The predicted octanol–water partition coefficient (Wildman–Crippen LogP) is 6.84. The average Bonchev–Trinajstić information content (AvgIpc) is 3.17. The summed E-state index contributed by atoms with van der Waals surface area (Å²) in [5, 5.41) is 0. The maximum absolute atomic E-state index is 13.3. The highest BCUT2D eigenvalue weighted by atomic mass is 32.2. The molecule has 0 heterocycles. The molecular weight excluding hydrogens is 805 g/mol. The van der Waals surface area contributed by atoms with Crippen LogP contribution in [0.2, 0.25) is 0 Å². The Morgan fingerprint density at radius 1 is 0.559 bits per heavy atom. The third kappa shape index (κ3) is 14.3.